The second kappa shape index (κ2) is 18.7. The van der Waals surface area contributed by atoms with Crippen LogP contribution in [0.2, 0.25) is 0 Å². The lowest BCUT2D eigenvalue weighted by atomic mass is 9.32. The molecular weight excluding hydrogens is 1070 g/mol. The standard InChI is InChI=1S/C82H92BN3O2/c1-75(2,3)49-23-26-51(27-24-49)84(52-30-34-70-58(42-52)56-21-19-20-22-69(56)87-70)55-45-67-72-68(46-55)86(54-29-33-60-62(44-54)80(13,14)38-36-78(60,9)10)73-57-31-25-50(76(4,5)6)41-71(57)88-74(73)83(72)65-47-63-64(82(17,18)40-39-81(63,15)16)48-66(65)85(67)53-28-32-59-61(43-53)79(11,12)37-35-77(59,7)8/h19-34,41-48,73-74H,35-40H2,1-18H3. The van der Waals surface area contributed by atoms with Crippen LogP contribution in [0.4, 0.5) is 45.5 Å². The van der Waals surface area contributed by atoms with Crippen LogP contribution < -0.4 is 30.4 Å². The van der Waals surface area contributed by atoms with E-state index in [0.717, 1.165) is 83.3 Å². The highest BCUT2D eigenvalue weighted by atomic mass is 16.5. The molecule has 0 radical (unpaired) electrons. The molecule has 9 aromatic rings. The minimum atomic E-state index is -0.248. The molecule has 0 saturated carbocycles. The Bertz CT molecular complexity index is 4380. The van der Waals surface area contributed by atoms with Crippen LogP contribution in [0.25, 0.3) is 21.9 Å². The maximum absolute atomic E-state index is 7.94. The maximum atomic E-state index is 7.94. The molecule has 3 aliphatic heterocycles. The van der Waals surface area contributed by atoms with E-state index in [4.69, 9.17) is 9.15 Å². The van der Waals surface area contributed by atoms with Crippen LogP contribution in [0.1, 0.15) is 219 Å². The topological polar surface area (TPSA) is 32.1 Å². The molecule has 4 heterocycles. The van der Waals surface area contributed by atoms with Crippen molar-refractivity contribution in [3.63, 3.8) is 0 Å². The fraction of sp³-hybridized carbons (Fsp3) is 0.415. The molecule has 8 aromatic carbocycles. The van der Waals surface area contributed by atoms with Crippen molar-refractivity contribution >= 4 is 85.1 Å². The fourth-order valence-electron chi connectivity index (χ4n) is 17.0. The molecule has 2 unspecified atom stereocenters. The Balaban J connectivity index is 1.10. The summed E-state index contributed by atoms with van der Waals surface area (Å²) in [6, 6.07) is 57.3. The van der Waals surface area contributed by atoms with Gasteiger partial charge in [-0.25, -0.2) is 0 Å². The van der Waals surface area contributed by atoms with Crippen molar-refractivity contribution in [3.8, 4) is 5.75 Å². The van der Waals surface area contributed by atoms with Gasteiger partial charge in [-0.15, -0.1) is 0 Å². The van der Waals surface area contributed by atoms with E-state index in [2.05, 4.69) is 285 Å². The zero-order chi connectivity index (χ0) is 61.9. The Labute approximate surface area is 526 Å². The van der Waals surface area contributed by atoms with Gasteiger partial charge in [-0.05, 0) is 222 Å². The molecule has 0 spiro atoms. The molecule has 0 bridgehead atoms. The second-order valence-electron chi connectivity index (χ2n) is 33.7. The summed E-state index contributed by atoms with van der Waals surface area (Å²) in [5.41, 5.74) is 26.5. The monoisotopic (exact) mass is 1160 g/mol. The van der Waals surface area contributed by atoms with Crippen LogP contribution in [0, 0.1) is 0 Å². The van der Waals surface area contributed by atoms with Crippen LogP contribution in [0.5, 0.6) is 5.75 Å². The van der Waals surface area contributed by atoms with Crippen molar-refractivity contribution < 1.29 is 9.15 Å². The molecule has 88 heavy (non-hydrogen) atoms. The third kappa shape index (κ3) is 8.66. The van der Waals surface area contributed by atoms with Crippen molar-refractivity contribution in [2.24, 2.45) is 0 Å². The highest BCUT2D eigenvalue weighted by Crippen LogP contribution is 2.59. The Morgan fingerprint density at radius 1 is 0.432 bits per heavy atom. The van der Waals surface area contributed by atoms with Gasteiger partial charge >= 0.3 is 0 Å². The fourth-order valence-corrected chi connectivity index (χ4v) is 17.0. The molecule has 2 atom stereocenters. The van der Waals surface area contributed by atoms with Crippen LogP contribution in [-0.4, -0.2) is 12.7 Å². The largest absolute Gasteiger partial charge is 0.495 e. The number of anilines is 8. The van der Waals surface area contributed by atoms with Crippen LogP contribution in [-0.2, 0) is 43.3 Å². The number of para-hydroxylation sites is 1. The highest BCUT2D eigenvalue weighted by molar-refractivity contribution is 6.91. The van der Waals surface area contributed by atoms with Crippen LogP contribution in [0.15, 0.2) is 150 Å². The van der Waals surface area contributed by atoms with E-state index in [0.29, 0.717) is 0 Å². The van der Waals surface area contributed by atoms with Crippen molar-refractivity contribution in [3.05, 3.63) is 196 Å². The van der Waals surface area contributed by atoms with E-state index >= 15 is 0 Å². The van der Waals surface area contributed by atoms with Crippen molar-refractivity contribution in [1.82, 2.24) is 0 Å². The molecule has 0 saturated heterocycles. The van der Waals surface area contributed by atoms with E-state index in [9.17, 15) is 0 Å². The minimum absolute atomic E-state index is 0.00867. The van der Waals surface area contributed by atoms with Crippen molar-refractivity contribution in [2.45, 2.75) is 219 Å². The van der Waals surface area contributed by atoms with E-state index in [1.54, 1.807) is 0 Å². The van der Waals surface area contributed by atoms with Gasteiger partial charge in [0.15, 0.2) is 0 Å². The van der Waals surface area contributed by atoms with Gasteiger partial charge in [-0.3, -0.25) is 0 Å². The summed E-state index contributed by atoms with van der Waals surface area (Å²) in [5, 5.41) is 2.22. The zero-order valence-corrected chi connectivity index (χ0v) is 56.0. The molecule has 6 aliphatic rings. The molecule has 0 fully saturated rings. The lowest BCUT2D eigenvalue weighted by Gasteiger charge is -2.50. The van der Waals surface area contributed by atoms with Crippen molar-refractivity contribution in [1.29, 1.82) is 0 Å². The van der Waals surface area contributed by atoms with Gasteiger partial charge in [0, 0.05) is 56.1 Å². The number of hydrogen-bond donors (Lipinski definition) is 0. The Hall–Kier alpha value is -7.18. The molecule has 0 amide bonds. The summed E-state index contributed by atoms with van der Waals surface area (Å²) in [7, 11) is 0. The number of nitrogens with zero attached hydrogens (tertiary/aromatic N) is 3. The highest BCUT2D eigenvalue weighted by Gasteiger charge is 2.57. The van der Waals surface area contributed by atoms with Gasteiger partial charge in [0.05, 0.1) is 11.7 Å². The van der Waals surface area contributed by atoms with Gasteiger partial charge < -0.3 is 23.9 Å². The summed E-state index contributed by atoms with van der Waals surface area (Å²) in [6.07, 6.45) is 6.86. The van der Waals surface area contributed by atoms with Gasteiger partial charge in [0.25, 0.3) is 6.71 Å². The molecule has 1 aromatic heterocycles. The third-order valence-corrected chi connectivity index (χ3v) is 23.0. The summed E-state index contributed by atoms with van der Waals surface area (Å²) in [4.78, 5) is 8.04. The number of ether oxygens (including phenoxy) is 1. The average molecular weight is 1160 g/mol. The van der Waals surface area contributed by atoms with Crippen LogP contribution in [0.3, 0.4) is 0 Å². The number of hydrogen-bond acceptors (Lipinski definition) is 5. The Kier molecular flexibility index (Phi) is 12.2. The molecule has 6 heteroatoms. The van der Waals surface area contributed by atoms with E-state index in [-0.39, 0.29) is 62.1 Å². The van der Waals surface area contributed by atoms with E-state index in [1.807, 2.05) is 0 Å². The lowest BCUT2D eigenvalue weighted by Crippen LogP contribution is -2.65. The average Bonchev–Trinajstić information content (AvgIpc) is 1.13. The third-order valence-electron chi connectivity index (χ3n) is 23.0. The van der Waals surface area contributed by atoms with Gasteiger partial charge in [-0.2, -0.15) is 0 Å². The normalized spacial score (nSPS) is 21.1. The predicted molar refractivity (Wildman–Crippen MR) is 374 cm³/mol. The Morgan fingerprint density at radius 2 is 0.943 bits per heavy atom. The van der Waals surface area contributed by atoms with Gasteiger partial charge in [0.1, 0.15) is 22.9 Å². The Morgan fingerprint density at radius 3 is 1.56 bits per heavy atom. The first-order valence-electron chi connectivity index (χ1n) is 33.2. The zero-order valence-electron chi connectivity index (χ0n) is 56.0. The number of furan rings is 1. The minimum Gasteiger partial charge on any atom is -0.495 e. The smallest absolute Gasteiger partial charge is 0.267 e. The van der Waals surface area contributed by atoms with E-state index < -0.39 is 0 Å². The molecule has 450 valence electrons. The predicted octanol–water partition coefficient (Wildman–Crippen LogP) is 21.3. The first-order valence-corrected chi connectivity index (χ1v) is 33.2. The first-order chi connectivity index (χ1) is 41.3. The molecular formula is C82H92BN3O2. The molecule has 0 N–H and O–H groups in total. The SMILES string of the molecule is CC(C)(C)c1ccc(N(c2cc3c4c(c2)N(c2ccc5c(c2)C(C)(C)CCC5(C)C)C2c5ccc(C(C)(C)C)cc5OC2B4c2cc4c(cc2N3c2ccc3c(c2)C(C)(C)CCC3(C)C)C(C)(C)CCC4(C)C)c2ccc3oc4ccccc4c3c2)cc1. The first kappa shape index (κ1) is 57.3. The second-order valence-corrected chi connectivity index (χ2v) is 33.7. The van der Waals surface area contributed by atoms with Gasteiger partial charge in [0.2, 0.25) is 0 Å². The quantitative estimate of drug-likeness (QED) is 0.160. The molecule has 3 aliphatic carbocycles. The molecule has 5 nitrogen and oxygen atoms in total. The lowest BCUT2D eigenvalue weighted by molar-refractivity contribution is 0.281. The van der Waals surface area contributed by atoms with E-state index in [1.165, 1.54) is 89.4 Å². The summed E-state index contributed by atoms with van der Waals surface area (Å²) < 4.78 is 14.5. The van der Waals surface area contributed by atoms with Crippen LogP contribution >= 0.6 is 0 Å². The summed E-state index contributed by atoms with van der Waals surface area (Å²) >= 11 is 0. The van der Waals surface area contributed by atoms with Gasteiger partial charge in [-0.1, -0.05) is 185 Å². The molecule has 15 rings (SSSR count). The number of benzene rings is 8. The van der Waals surface area contributed by atoms with Crippen molar-refractivity contribution in [2.75, 3.05) is 14.7 Å². The summed E-state index contributed by atoms with van der Waals surface area (Å²) in [5.74, 6) is 1.01. The number of fused-ring (bicyclic) bond motifs is 12. The maximum Gasteiger partial charge on any atom is 0.267 e. The summed E-state index contributed by atoms with van der Waals surface area (Å²) in [6.45, 7) is 43.6. The number of rotatable bonds is 5.